The number of halogens is 2. The van der Waals surface area contributed by atoms with Crippen molar-refractivity contribution in [1.29, 1.82) is 0 Å². The van der Waals surface area contributed by atoms with Gasteiger partial charge in [-0.2, -0.15) is 0 Å². The van der Waals surface area contributed by atoms with Crippen LogP contribution in [-0.4, -0.2) is 44.8 Å². The van der Waals surface area contributed by atoms with E-state index in [9.17, 15) is 4.79 Å². The molecule has 7 heavy (non-hydrogen) atoms. The summed E-state index contributed by atoms with van der Waals surface area (Å²) in [7, 11) is 0. The van der Waals surface area contributed by atoms with Crippen LogP contribution in [0.2, 0.25) is 0 Å². The van der Waals surface area contributed by atoms with E-state index < -0.39 is 0 Å². The second-order valence-corrected chi connectivity index (χ2v) is 1.34. The quantitative estimate of drug-likeness (QED) is 0.536. The molecule has 0 saturated heterocycles. The predicted octanol–water partition coefficient (Wildman–Crippen LogP) is 0.652. The molecular weight excluding hydrogens is 330 g/mol. The molecule has 0 heterocycles. The zero-order valence-corrected chi connectivity index (χ0v) is 8.98. The summed E-state index contributed by atoms with van der Waals surface area (Å²) < 4.78 is 0. The predicted molar refractivity (Wildman–Crippen MR) is 32.2 cm³/mol. The van der Waals surface area contributed by atoms with Crippen molar-refractivity contribution in [3.8, 4) is 0 Å². The number of ketones is 1. The second-order valence-electron chi connectivity index (χ2n) is 0.806. The van der Waals surface area contributed by atoms with E-state index in [-0.39, 0.29) is 44.8 Å². The first kappa shape index (κ1) is 11.0. The van der Waals surface area contributed by atoms with Crippen LogP contribution in [0, 0.1) is 0 Å². The van der Waals surface area contributed by atoms with Crippen molar-refractivity contribution in [2.45, 2.75) is 0 Å². The van der Waals surface area contributed by atoms with Gasteiger partial charge in [0.25, 0.3) is 0 Å². The molecule has 40 valence electrons. The summed E-state index contributed by atoms with van der Waals surface area (Å²) in [6.07, 6.45) is 0. The van der Waals surface area contributed by atoms with Gasteiger partial charge in [-0.15, -0.1) is 23.2 Å². The van der Waals surface area contributed by atoms with E-state index in [0.29, 0.717) is 0 Å². The molecule has 0 fully saturated rings. The maximum absolute atomic E-state index is 9.92. The molecule has 1 nitrogen and oxygen atoms in total. The van der Waals surface area contributed by atoms with Gasteiger partial charge in [-0.25, -0.2) is 0 Å². The minimum Gasteiger partial charge on any atom is -0.297 e. The number of carbonyl (C=O) groups excluding carboxylic acids is 1. The van der Waals surface area contributed by atoms with Crippen LogP contribution in [0.5, 0.6) is 0 Å². The van der Waals surface area contributed by atoms with Gasteiger partial charge in [0.05, 0.1) is 11.8 Å². The van der Waals surface area contributed by atoms with E-state index >= 15 is 0 Å². The Labute approximate surface area is 72.5 Å². The number of carbonyl (C=O) groups is 1. The van der Waals surface area contributed by atoms with Crippen LogP contribution in [0.4, 0.5) is 0 Å². The zero-order chi connectivity index (χ0) is 4.99. The molecule has 0 aromatic carbocycles. The fourth-order valence-corrected chi connectivity index (χ4v) is 0.321. The normalized spacial score (nSPS) is 7.14. The Balaban J connectivity index is 0. The molecule has 0 saturated carbocycles. The number of hydrogen-bond donors (Lipinski definition) is 0. The molecule has 0 aliphatic carbocycles. The molecule has 0 rings (SSSR count). The summed E-state index contributed by atoms with van der Waals surface area (Å²) in [5.74, 6) is -0.0640. The van der Waals surface area contributed by atoms with Crippen molar-refractivity contribution in [3.63, 3.8) is 0 Å². The summed E-state index contributed by atoms with van der Waals surface area (Å²) >= 11 is 10.0. The van der Waals surface area contributed by atoms with Gasteiger partial charge in [-0.3, -0.25) is 4.79 Å². The third-order valence-corrected chi connectivity index (χ3v) is 0.894. The average molecular weight is 334 g/mol. The molecule has 0 aliphatic heterocycles. The van der Waals surface area contributed by atoms with Crippen LogP contribution in [0.25, 0.3) is 0 Å². The van der Waals surface area contributed by atoms with Crippen LogP contribution < -0.4 is 0 Å². The average Bonchev–Trinajstić information content (AvgIpc) is 1.65. The standard InChI is InChI=1S/C3H4Cl2O.Pb/c4-1-3(6)2-5;/h1-2H2;. The number of Topliss-reactive ketones (excluding diaryl/α,β-unsaturated/α-hetero) is 1. The first-order valence-corrected chi connectivity index (χ1v) is 2.51. The molecule has 0 N–H and O–H groups in total. The fourth-order valence-electron chi connectivity index (χ4n) is 0.0357. The van der Waals surface area contributed by atoms with E-state index in [2.05, 4.69) is 0 Å². The van der Waals surface area contributed by atoms with Crippen LogP contribution in [0.1, 0.15) is 0 Å². The van der Waals surface area contributed by atoms with Gasteiger partial charge in [0.15, 0.2) is 5.78 Å². The first-order chi connectivity index (χ1) is 2.81. The number of alkyl halides is 2. The minimum absolute atomic E-state index is 0. The molecule has 0 aromatic heterocycles. The van der Waals surface area contributed by atoms with E-state index in [4.69, 9.17) is 23.2 Å². The molecule has 0 spiro atoms. The Bertz CT molecular complexity index is 50.9. The topological polar surface area (TPSA) is 17.1 Å². The SMILES string of the molecule is O=C(CCl)CCl.[Pb]. The molecule has 0 aromatic rings. The van der Waals surface area contributed by atoms with Crippen LogP contribution in [0.3, 0.4) is 0 Å². The Morgan fingerprint density at radius 3 is 1.57 bits per heavy atom. The van der Waals surface area contributed by atoms with Crippen LogP contribution in [-0.2, 0) is 4.79 Å². The van der Waals surface area contributed by atoms with E-state index in [1.54, 1.807) is 0 Å². The largest absolute Gasteiger partial charge is 0.297 e. The molecule has 4 radical (unpaired) electrons. The number of hydrogen-bond acceptors (Lipinski definition) is 1. The summed E-state index contributed by atoms with van der Waals surface area (Å²) in [5, 5.41) is 0. The van der Waals surface area contributed by atoms with Crippen molar-refractivity contribution >= 4 is 56.3 Å². The summed E-state index contributed by atoms with van der Waals surface area (Å²) in [5.41, 5.74) is 0. The van der Waals surface area contributed by atoms with Crippen molar-refractivity contribution in [2.24, 2.45) is 0 Å². The van der Waals surface area contributed by atoms with Gasteiger partial charge in [0.1, 0.15) is 0 Å². The summed E-state index contributed by atoms with van der Waals surface area (Å²) in [6, 6.07) is 0. The van der Waals surface area contributed by atoms with Gasteiger partial charge < -0.3 is 0 Å². The van der Waals surface area contributed by atoms with E-state index in [0.717, 1.165) is 0 Å². The summed E-state index contributed by atoms with van der Waals surface area (Å²) in [6.45, 7) is 0. The van der Waals surface area contributed by atoms with Gasteiger partial charge in [0, 0.05) is 27.3 Å². The maximum atomic E-state index is 9.92. The minimum atomic E-state index is -0.127. The van der Waals surface area contributed by atoms with E-state index in [1.807, 2.05) is 0 Å². The summed E-state index contributed by atoms with van der Waals surface area (Å²) in [4.78, 5) is 9.92. The zero-order valence-electron chi connectivity index (χ0n) is 3.58. The second kappa shape index (κ2) is 7.17. The van der Waals surface area contributed by atoms with Crippen molar-refractivity contribution in [3.05, 3.63) is 0 Å². The van der Waals surface area contributed by atoms with Gasteiger partial charge in [-0.05, 0) is 0 Å². The van der Waals surface area contributed by atoms with Crippen molar-refractivity contribution in [1.82, 2.24) is 0 Å². The molecule has 0 bridgehead atoms. The molecule has 0 aliphatic rings. The fraction of sp³-hybridized carbons (Fsp3) is 0.667. The Morgan fingerprint density at radius 1 is 1.29 bits per heavy atom. The maximum Gasteiger partial charge on any atom is 0.162 e. The third kappa shape index (κ3) is 7.17. The van der Waals surface area contributed by atoms with Gasteiger partial charge in [0.2, 0.25) is 0 Å². The molecule has 0 unspecified atom stereocenters. The monoisotopic (exact) mass is 334 g/mol. The first-order valence-electron chi connectivity index (χ1n) is 1.45. The van der Waals surface area contributed by atoms with Gasteiger partial charge in [-0.1, -0.05) is 0 Å². The Kier molecular flexibility index (Phi) is 11.3. The number of rotatable bonds is 2. The van der Waals surface area contributed by atoms with Gasteiger partial charge >= 0.3 is 0 Å². The smallest absolute Gasteiger partial charge is 0.162 e. The Hall–Kier alpha value is 1.17. The third-order valence-electron chi connectivity index (χ3n) is 0.298. The molecule has 0 amide bonds. The molecule has 0 atom stereocenters. The van der Waals surface area contributed by atoms with Crippen LogP contribution in [0.15, 0.2) is 0 Å². The van der Waals surface area contributed by atoms with Crippen molar-refractivity contribution in [2.75, 3.05) is 11.8 Å². The Morgan fingerprint density at radius 2 is 1.57 bits per heavy atom. The molecular formula is C3H4Cl2OPb. The molecule has 4 heteroatoms. The van der Waals surface area contributed by atoms with Crippen molar-refractivity contribution < 1.29 is 4.79 Å². The van der Waals surface area contributed by atoms with E-state index in [1.165, 1.54) is 0 Å². The van der Waals surface area contributed by atoms with Crippen LogP contribution >= 0.6 is 23.2 Å².